The minimum Gasteiger partial charge on any atom is -0.325 e. The maximum Gasteiger partial charge on any atom is 0.321 e. The Balaban J connectivity index is 1.45. The molecule has 0 aromatic heterocycles. The molecule has 0 aliphatic carbocycles. The van der Waals surface area contributed by atoms with Crippen LogP contribution in [0.4, 0.5) is 21.9 Å². The maximum absolute atomic E-state index is 12.4. The summed E-state index contributed by atoms with van der Waals surface area (Å²) in [5.41, 5.74) is 1.05. The molecule has 9 heteroatoms. The van der Waals surface area contributed by atoms with E-state index >= 15 is 0 Å². The molecule has 0 radical (unpaired) electrons. The van der Waals surface area contributed by atoms with Crippen LogP contribution in [0.3, 0.4) is 0 Å². The third-order valence-corrected chi connectivity index (χ3v) is 4.39. The monoisotopic (exact) mass is 383 g/mol. The van der Waals surface area contributed by atoms with E-state index in [1.165, 1.54) is 18.2 Å². The van der Waals surface area contributed by atoms with Crippen LogP contribution in [0, 0.1) is 10.1 Å². The van der Waals surface area contributed by atoms with Crippen LogP contribution in [0.2, 0.25) is 0 Å². The normalized spacial score (nSPS) is 14.4. The summed E-state index contributed by atoms with van der Waals surface area (Å²) in [6.45, 7) is 2.35. The number of hydrogen-bond acceptors (Lipinski definition) is 5. The molecular formula is C19H21N5O4. The van der Waals surface area contributed by atoms with Crippen LogP contribution >= 0.6 is 0 Å². The zero-order valence-corrected chi connectivity index (χ0v) is 15.2. The Morgan fingerprint density at radius 3 is 2.29 bits per heavy atom. The summed E-state index contributed by atoms with van der Waals surface area (Å²) < 4.78 is 0. The number of urea groups is 1. The Labute approximate surface area is 162 Å². The third kappa shape index (κ3) is 5.27. The summed E-state index contributed by atoms with van der Waals surface area (Å²) in [4.78, 5) is 38.4. The van der Waals surface area contributed by atoms with E-state index < -0.39 is 4.92 Å². The highest BCUT2D eigenvalue weighted by atomic mass is 16.6. The second kappa shape index (κ2) is 8.96. The fourth-order valence-electron chi connectivity index (χ4n) is 2.93. The number of nitrogens with zero attached hydrogens (tertiary/aromatic N) is 3. The quantitative estimate of drug-likeness (QED) is 0.609. The molecule has 3 rings (SSSR count). The highest BCUT2D eigenvalue weighted by molar-refractivity contribution is 5.92. The summed E-state index contributed by atoms with van der Waals surface area (Å²) in [7, 11) is 0. The van der Waals surface area contributed by atoms with Gasteiger partial charge < -0.3 is 15.5 Å². The first-order valence-electron chi connectivity index (χ1n) is 8.89. The van der Waals surface area contributed by atoms with Gasteiger partial charge in [0.2, 0.25) is 5.91 Å². The van der Waals surface area contributed by atoms with Crippen LogP contribution in [0.1, 0.15) is 0 Å². The van der Waals surface area contributed by atoms with Crippen molar-refractivity contribution in [2.24, 2.45) is 0 Å². The predicted molar refractivity (Wildman–Crippen MR) is 105 cm³/mol. The lowest BCUT2D eigenvalue weighted by Gasteiger charge is -2.34. The van der Waals surface area contributed by atoms with Crippen molar-refractivity contribution >= 4 is 29.0 Å². The summed E-state index contributed by atoms with van der Waals surface area (Å²) in [6, 6.07) is 14.8. The molecule has 2 N–H and O–H groups in total. The molecule has 0 saturated carbocycles. The molecule has 3 amide bonds. The first-order chi connectivity index (χ1) is 13.5. The summed E-state index contributed by atoms with van der Waals surface area (Å²) in [5.74, 6) is -0.0966. The molecule has 0 spiro atoms. The number of nitro benzene ring substituents is 1. The van der Waals surface area contributed by atoms with Crippen LogP contribution in [-0.4, -0.2) is 59.4 Å². The summed E-state index contributed by atoms with van der Waals surface area (Å²) >= 11 is 0. The topological polar surface area (TPSA) is 108 Å². The molecule has 28 heavy (non-hydrogen) atoms. The molecule has 0 unspecified atom stereocenters. The lowest BCUT2D eigenvalue weighted by molar-refractivity contribution is -0.384. The molecule has 9 nitrogen and oxygen atoms in total. The number of anilines is 2. The van der Waals surface area contributed by atoms with Crippen molar-refractivity contribution in [2.75, 3.05) is 43.4 Å². The van der Waals surface area contributed by atoms with Crippen molar-refractivity contribution in [2.45, 2.75) is 0 Å². The van der Waals surface area contributed by atoms with Gasteiger partial charge in [0.1, 0.15) is 0 Å². The van der Waals surface area contributed by atoms with E-state index in [9.17, 15) is 19.7 Å². The van der Waals surface area contributed by atoms with Gasteiger partial charge in [-0.25, -0.2) is 4.79 Å². The van der Waals surface area contributed by atoms with Crippen molar-refractivity contribution in [3.05, 3.63) is 64.7 Å². The summed E-state index contributed by atoms with van der Waals surface area (Å²) in [6.07, 6.45) is 0. The number of rotatable bonds is 5. The zero-order chi connectivity index (χ0) is 19.9. The molecule has 1 aliphatic heterocycles. The van der Waals surface area contributed by atoms with Crippen molar-refractivity contribution in [3.63, 3.8) is 0 Å². The SMILES string of the molecule is O=C(CN1CCN(C(=O)Nc2cccc([N+](=O)[O-])c2)CC1)Nc1ccccc1. The first kappa shape index (κ1) is 19.3. The average molecular weight is 383 g/mol. The van der Waals surface area contributed by atoms with Gasteiger partial charge in [0, 0.05) is 49.7 Å². The molecule has 2 aromatic rings. The molecule has 1 aliphatic rings. The number of carbonyl (C=O) groups is 2. The number of non-ortho nitro benzene ring substituents is 1. The Bertz CT molecular complexity index is 850. The van der Waals surface area contributed by atoms with Crippen LogP contribution in [-0.2, 0) is 4.79 Å². The number of benzene rings is 2. The van der Waals surface area contributed by atoms with E-state index in [-0.39, 0.29) is 24.2 Å². The van der Waals surface area contributed by atoms with E-state index in [0.29, 0.717) is 31.9 Å². The number of carbonyl (C=O) groups excluding carboxylic acids is 2. The molecule has 0 atom stereocenters. The minimum atomic E-state index is -0.505. The highest BCUT2D eigenvalue weighted by Gasteiger charge is 2.22. The van der Waals surface area contributed by atoms with Crippen LogP contribution < -0.4 is 10.6 Å². The molecule has 0 bridgehead atoms. The molecule has 1 fully saturated rings. The van der Waals surface area contributed by atoms with E-state index in [1.54, 1.807) is 11.0 Å². The Morgan fingerprint density at radius 1 is 0.929 bits per heavy atom. The van der Waals surface area contributed by atoms with Crippen molar-refractivity contribution in [1.82, 2.24) is 9.80 Å². The van der Waals surface area contributed by atoms with Gasteiger partial charge in [-0.3, -0.25) is 19.8 Å². The van der Waals surface area contributed by atoms with Gasteiger partial charge >= 0.3 is 6.03 Å². The number of hydrogen-bond donors (Lipinski definition) is 2. The molecule has 2 aromatic carbocycles. The largest absolute Gasteiger partial charge is 0.325 e. The van der Waals surface area contributed by atoms with Crippen LogP contribution in [0.5, 0.6) is 0 Å². The van der Waals surface area contributed by atoms with Gasteiger partial charge in [-0.2, -0.15) is 0 Å². The molecule has 146 valence electrons. The highest BCUT2D eigenvalue weighted by Crippen LogP contribution is 2.17. The zero-order valence-electron chi connectivity index (χ0n) is 15.2. The van der Waals surface area contributed by atoms with Gasteiger partial charge in [-0.05, 0) is 18.2 Å². The number of amides is 3. The predicted octanol–water partition coefficient (Wildman–Crippen LogP) is 2.38. The van der Waals surface area contributed by atoms with E-state index in [1.807, 2.05) is 35.2 Å². The van der Waals surface area contributed by atoms with Gasteiger partial charge in [0.05, 0.1) is 11.5 Å². The standard InChI is InChI=1S/C19H21N5O4/c25-18(20-15-5-2-1-3-6-15)14-22-9-11-23(12-10-22)19(26)21-16-7-4-8-17(13-16)24(27)28/h1-8,13H,9-12,14H2,(H,20,25)(H,21,26). The minimum absolute atomic E-state index is 0.0768. The van der Waals surface area contributed by atoms with Crippen LogP contribution in [0.25, 0.3) is 0 Å². The van der Waals surface area contributed by atoms with Gasteiger partial charge in [0.15, 0.2) is 0 Å². The lowest BCUT2D eigenvalue weighted by atomic mass is 10.2. The van der Waals surface area contributed by atoms with E-state index in [2.05, 4.69) is 10.6 Å². The van der Waals surface area contributed by atoms with Gasteiger partial charge in [0.25, 0.3) is 5.69 Å². The van der Waals surface area contributed by atoms with Crippen molar-refractivity contribution < 1.29 is 14.5 Å². The second-order valence-corrected chi connectivity index (χ2v) is 6.41. The first-order valence-corrected chi connectivity index (χ1v) is 8.89. The number of nitro groups is 1. The Kier molecular flexibility index (Phi) is 6.18. The number of piperazine rings is 1. The number of para-hydroxylation sites is 1. The molecular weight excluding hydrogens is 362 g/mol. The lowest BCUT2D eigenvalue weighted by Crippen LogP contribution is -2.51. The molecule has 1 saturated heterocycles. The van der Waals surface area contributed by atoms with Crippen molar-refractivity contribution in [1.29, 1.82) is 0 Å². The van der Waals surface area contributed by atoms with E-state index in [4.69, 9.17) is 0 Å². The Hall–Kier alpha value is -3.46. The third-order valence-electron chi connectivity index (χ3n) is 4.39. The fraction of sp³-hybridized carbons (Fsp3) is 0.263. The van der Waals surface area contributed by atoms with Gasteiger partial charge in [-0.15, -0.1) is 0 Å². The summed E-state index contributed by atoms with van der Waals surface area (Å²) in [5, 5.41) is 16.3. The van der Waals surface area contributed by atoms with Crippen molar-refractivity contribution in [3.8, 4) is 0 Å². The van der Waals surface area contributed by atoms with Crippen LogP contribution in [0.15, 0.2) is 54.6 Å². The van der Waals surface area contributed by atoms with E-state index in [0.717, 1.165) is 5.69 Å². The number of nitrogens with one attached hydrogen (secondary N) is 2. The van der Waals surface area contributed by atoms with Gasteiger partial charge in [-0.1, -0.05) is 24.3 Å². The Morgan fingerprint density at radius 2 is 1.61 bits per heavy atom. The second-order valence-electron chi connectivity index (χ2n) is 6.41. The average Bonchev–Trinajstić information content (AvgIpc) is 2.69. The molecule has 1 heterocycles. The smallest absolute Gasteiger partial charge is 0.321 e. The fourth-order valence-corrected chi connectivity index (χ4v) is 2.93. The maximum atomic E-state index is 12.4.